The number of esters is 1. The molecule has 3 aromatic carbocycles. The SMILES string of the molecule is CCCCCOc1ccc(C(=O)Oc2ccc(C=Nc3ccc(F)c(F)c3F)cc2)cc1. The molecule has 0 heterocycles. The summed E-state index contributed by atoms with van der Waals surface area (Å²) >= 11 is 0. The van der Waals surface area contributed by atoms with Crippen molar-refractivity contribution in [1.29, 1.82) is 0 Å². The first-order valence-electron chi connectivity index (χ1n) is 10.2. The second-order valence-electron chi connectivity index (χ2n) is 6.99. The molecule has 0 fully saturated rings. The van der Waals surface area contributed by atoms with E-state index in [1.807, 2.05) is 0 Å². The molecule has 0 aliphatic carbocycles. The first kappa shape index (κ1) is 23.1. The molecule has 0 bridgehead atoms. The van der Waals surface area contributed by atoms with Crippen molar-refractivity contribution in [3.05, 3.63) is 89.2 Å². The third-order valence-electron chi connectivity index (χ3n) is 4.56. The number of nitrogens with zero attached hydrogens (tertiary/aromatic N) is 1. The van der Waals surface area contributed by atoms with Crippen LogP contribution in [0.5, 0.6) is 11.5 Å². The Labute approximate surface area is 184 Å². The zero-order valence-corrected chi connectivity index (χ0v) is 17.5. The normalized spacial score (nSPS) is 11.0. The van der Waals surface area contributed by atoms with Gasteiger partial charge in [-0.2, -0.15) is 0 Å². The summed E-state index contributed by atoms with van der Waals surface area (Å²) in [5, 5.41) is 0. The molecule has 0 aliphatic rings. The van der Waals surface area contributed by atoms with Gasteiger partial charge < -0.3 is 9.47 Å². The standard InChI is InChI=1S/C25H22F3NO3/c1-2-3-4-15-31-19-11-7-18(8-12-19)25(30)32-20-9-5-17(6-10-20)16-29-22-14-13-21(26)23(27)24(22)28/h5-14,16H,2-4,15H2,1H3. The monoisotopic (exact) mass is 441 g/mol. The van der Waals surface area contributed by atoms with Crippen LogP contribution >= 0.6 is 0 Å². The van der Waals surface area contributed by atoms with Crippen molar-refractivity contribution in [3.8, 4) is 11.5 Å². The summed E-state index contributed by atoms with van der Waals surface area (Å²) in [6.45, 7) is 2.76. The Hall–Kier alpha value is -3.61. The maximum absolute atomic E-state index is 13.7. The van der Waals surface area contributed by atoms with Gasteiger partial charge in [0.15, 0.2) is 17.5 Å². The molecule has 0 aromatic heterocycles. The highest BCUT2D eigenvalue weighted by Crippen LogP contribution is 2.22. The van der Waals surface area contributed by atoms with Crippen LogP contribution in [0.2, 0.25) is 0 Å². The van der Waals surface area contributed by atoms with E-state index in [2.05, 4.69) is 11.9 Å². The van der Waals surface area contributed by atoms with Crippen LogP contribution < -0.4 is 9.47 Å². The van der Waals surface area contributed by atoms with Crippen molar-refractivity contribution in [2.75, 3.05) is 6.61 Å². The number of halogens is 3. The Bertz CT molecular complexity index is 1080. The lowest BCUT2D eigenvalue weighted by Crippen LogP contribution is -2.08. The van der Waals surface area contributed by atoms with E-state index in [4.69, 9.17) is 9.47 Å². The average Bonchev–Trinajstić information content (AvgIpc) is 2.81. The number of aliphatic imine (C=N–C) groups is 1. The highest BCUT2D eigenvalue weighted by molar-refractivity contribution is 5.91. The van der Waals surface area contributed by atoms with Gasteiger partial charge in [0.05, 0.1) is 12.2 Å². The molecular formula is C25H22F3NO3. The second kappa shape index (κ2) is 11.1. The molecule has 0 atom stereocenters. The largest absolute Gasteiger partial charge is 0.494 e. The summed E-state index contributed by atoms with van der Waals surface area (Å²) in [6, 6.07) is 14.8. The fraction of sp³-hybridized carbons (Fsp3) is 0.200. The van der Waals surface area contributed by atoms with E-state index in [-0.39, 0.29) is 5.69 Å². The Morgan fingerprint density at radius 2 is 1.56 bits per heavy atom. The molecule has 32 heavy (non-hydrogen) atoms. The van der Waals surface area contributed by atoms with Gasteiger partial charge in [-0.1, -0.05) is 19.8 Å². The lowest BCUT2D eigenvalue weighted by molar-refractivity contribution is 0.0734. The van der Waals surface area contributed by atoms with E-state index in [1.54, 1.807) is 48.5 Å². The summed E-state index contributed by atoms with van der Waals surface area (Å²) in [5.41, 5.74) is 0.612. The van der Waals surface area contributed by atoms with Crippen molar-refractivity contribution < 1.29 is 27.4 Å². The predicted molar refractivity (Wildman–Crippen MR) is 116 cm³/mol. The molecule has 7 heteroatoms. The topological polar surface area (TPSA) is 47.9 Å². The van der Waals surface area contributed by atoms with Gasteiger partial charge in [-0.05, 0) is 72.6 Å². The number of unbranched alkanes of at least 4 members (excludes halogenated alkanes) is 2. The van der Waals surface area contributed by atoms with Crippen LogP contribution in [-0.4, -0.2) is 18.8 Å². The van der Waals surface area contributed by atoms with Crippen LogP contribution in [0, 0.1) is 17.5 Å². The van der Waals surface area contributed by atoms with Crippen LogP contribution in [0.25, 0.3) is 0 Å². The summed E-state index contributed by atoms with van der Waals surface area (Å²) in [5.74, 6) is -3.72. The van der Waals surface area contributed by atoms with Gasteiger partial charge >= 0.3 is 5.97 Å². The fourth-order valence-electron chi connectivity index (χ4n) is 2.78. The minimum absolute atomic E-state index is 0.311. The minimum atomic E-state index is -1.57. The van der Waals surface area contributed by atoms with Gasteiger partial charge in [-0.3, -0.25) is 4.99 Å². The summed E-state index contributed by atoms with van der Waals surface area (Å²) < 4.78 is 50.9. The predicted octanol–water partition coefficient (Wildman–Crippen LogP) is 6.64. The van der Waals surface area contributed by atoms with Crippen LogP contribution in [-0.2, 0) is 0 Å². The van der Waals surface area contributed by atoms with Crippen LogP contribution in [0.1, 0.15) is 42.1 Å². The third-order valence-corrected chi connectivity index (χ3v) is 4.56. The van der Waals surface area contributed by atoms with Gasteiger partial charge in [0, 0.05) is 6.21 Å². The van der Waals surface area contributed by atoms with Crippen molar-refractivity contribution in [3.63, 3.8) is 0 Å². The molecule has 0 radical (unpaired) electrons. The molecule has 0 amide bonds. The quantitative estimate of drug-likeness (QED) is 0.123. The van der Waals surface area contributed by atoms with Crippen LogP contribution in [0.15, 0.2) is 65.7 Å². The summed E-state index contributed by atoms with van der Waals surface area (Å²) in [7, 11) is 0. The number of ether oxygens (including phenoxy) is 2. The van der Waals surface area contributed by atoms with Crippen molar-refractivity contribution in [2.24, 2.45) is 4.99 Å². The van der Waals surface area contributed by atoms with Crippen LogP contribution in [0.3, 0.4) is 0 Å². The zero-order valence-electron chi connectivity index (χ0n) is 17.5. The Balaban J connectivity index is 1.57. The lowest BCUT2D eigenvalue weighted by atomic mass is 10.2. The molecule has 0 N–H and O–H groups in total. The van der Waals surface area contributed by atoms with E-state index in [0.717, 1.165) is 31.4 Å². The molecule has 4 nitrogen and oxygen atoms in total. The highest BCUT2D eigenvalue weighted by Gasteiger charge is 2.12. The molecule has 0 saturated carbocycles. The van der Waals surface area contributed by atoms with E-state index in [9.17, 15) is 18.0 Å². The molecule has 3 aromatic rings. The van der Waals surface area contributed by atoms with E-state index in [1.165, 1.54) is 6.21 Å². The number of hydrogen-bond donors (Lipinski definition) is 0. The molecule has 0 aliphatic heterocycles. The van der Waals surface area contributed by atoms with Gasteiger partial charge in [0.1, 0.15) is 17.2 Å². The summed E-state index contributed by atoms with van der Waals surface area (Å²) in [6.07, 6.45) is 4.50. The highest BCUT2D eigenvalue weighted by atomic mass is 19.2. The maximum Gasteiger partial charge on any atom is 0.343 e. The molecule has 0 saturated heterocycles. The van der Waals surface area contributed by atoms with E-state index < -0.39 is 23.4 Å². The smallest absolute Gasteiger partial charge is 0.343 e. The maximum atomic E-state index is 13.7. The van der Waals surface area contributed by atoms with Crippen LogP contribution in [0.4, 0.5) is 18.9 Å². The first-order chi connectivity index (χ1) is 15.5. The molecule has 0 unspecified atom stereocenters. The summed E-state index contributed by atoms with van der Waals surface area (Å²) in [4.78, 5) is 16.1. The third kappa shape index (κ3) is 6.20. The lowest BCUT2D eigenvalue weighted by Gasteiger charge is -2.07. The number of carbonyl (C=O) groups excluding carboxylic acids is 1. The van der Waals surface area contributed by atoms with E-state index in [0.29, 0.717) is 29.2 Å². The van der Waals surface area contributed by atoms with Gasteiger partial charge in [0.2, 0.25) is 0 Å². The number of rotatable bonds is 9. The van der Waals surface area contributed by atoms with Gasteiger partial charge in [-0.25, -0.2) is 18.0 Å². The average molecular weight is 441 g/mol. The first-order valence-corrected chi connectivity index (χ1v) is 10.2. The van der Waals surface area contributed by atoms with Gasteiger partial charge in [-0.15, -0.1) is 0 Å². The Morgan fingerprint density at radius 3 is 2.25 bits per heavy atom. The Morgan fingerprint density at radius 1 is 0.875 bits per heavy atom. The number of carbonyl (C=O) groups is 1. The molecule has 3 rings (SSSR count). The zero-order chi connectivity index (χ0) is 22.9. The number of hydrogen-bond acceptors (Lipinski definition) is 4. The molecular weight excluding hydrogens is 419 g/mol. The minimum Gasteiger partial charge on any atom is -0.494 e. The number of benzene rings is 3. The van der Waals surface area contributed by atoms with Crippen molar-refractivity contribution >= 4 is 17.9 Å². The second-order valence-corrected chi connectivity index (χ2v) is 6.99. The Kier molecular flexibility index (Phi) is 8.02. The van der Waals surface area contributed by atoms with Gasteiger partial charge in [0.25, 0.3) is 0 Å². The van der Waals surface area contributed by atoms with E-state index >= 15 is 0 Å². The van der Waals surface area contributed by atoms with Crippen molar-refractivity contribution in [1.82, 2.24) is 0 Å². The molecule has 166 valence electrons. The fourth-order valence-corrected chi connectivity index (χ4v) is 2.78. The molecule has 0 spiro atoms. The van der Waals surface area contributed by atoms with Crippen molar-refractivity contribution in [2.45, 2.75) is 26.2 Å².